The van der Waals surface area contributed by atoms with E-state index in [1.807, 2.05) is 0 Å². The van der Waals surface area contributed by atoms with Gasteiger partial charge in [-0.15, -0.1) is 0 Å². The molecule has 3 N–H and O–H groups in total. The highest BCUT2D eigenvalue weighted by molar-refractivity contribution is 7.71. The monoisotopic (exact) mass is 322 g/mol. The SMILES string of the molecule is O=c1[nH]c(=S)ccn1[C@@H]1O[C@H](CO)[C@H]2OP(=O)(O)O[C@H]21. The van der Waals surface area contributed by atoms with Crippen LogP contribution in [0.5, 0.6) is 0 Å². The van der Waals surface area contributed by atoms with Gasteiger partial charge in [0.1, 0.15) is 23.0 Å². The molecule has 0 spiro atoms. The molecule has 0 aliphatic carbocycles. The quantitative estimate of drug-likeness (QED) is 0.500. The van der Waals surface area contributed by atoms with E-state index >= 15 is 0 Å². The third-order valence-corrected chi connectivity index (χ3v) is 4.36. The van der Waals surface area contributed by atoms with Crippen LogP contribution < -0.4 is 5.69 Å². The van der Waals surface area contributed by atoms with E-state index < -0.39 is 44.7 Å². The van der Waals surface area contributed by atoms with Gasteiger partial charge in [0.05, 0.1) is 6.61 Å². The van der Waals surface area contributed by atoms with E-state index in [1.54, 1.807) is 0 Å². The minimum atomic E-state index is -4.19. The molecule has 3 rings (SSSR count). The fourth-order valence-electron chi connectivity index (χ4n) is 2.28. The zero-order chi connectivity index (χ0) is 14.5. The van der Waals surface area contributed by atoms with Crippen LogP contribution in [0, 0.1) is 4.64 Å². The normalized spacial score (nSPS) is 39.9. The molecule has 0 amide bonds. The topological polar surface area (TPSA) is 123 Å². The molecule has 1 aromatic rings. The molecule has 0 aromatic carbocycles. The molecule has 110 valence electrons. The van der Waals surface area contributed by atoms with Crippen molar-refractivity contribution in [2.45, 2.75) is 24.5 Å². The molecule has 0 bridgehead atoms. The van der Waals surface area contributed by atoms with E-state index in [0.717, 1.165) is 4.57 Å². The first-order valence-corrected chi connectivity index (χ1v) is 7.59. The van der Waals surface area contributed by atoms with Crippen LogP contribution in [0.15, 0.2) is 17.1 Å². The van der Waals surface area contributed by atoms with Crippen LogP contribution >= 0.6 is 20.0 Å². The zero-order valence-corrected chi connectivity index (χ0v) is 11.6. The summed E-state index contributed by atoms with van der Waals surface area (Å²) >= 11 is 4.82. The fraction of sp³-hybridized carbons (Fsp3) is 0.556. The third kappa shape index (κ3) is 2.29. The van der Waals surface area contributed by atoms with Crippen molar-refractivity contribution in [3.63, 3.8) is 0 Å². The molecule has 11 heteroatoms. The minimum absolute atomic E-state index is 0.246. The number of hydrogen-bond acceptors (Lipinski definition) is 7. The van der Waals surface area contributed by atoms with Gasteiger partial charge in [-0.25, -0.2) is 9.36 Å². The number of aliphatic hydroxyl groups excluding tert-OH is 1. The Labute approximate surface area is 117 Å². The molecule has 0 radical (unpaired) electrons. The van der Waals surface area contributed by atoms with Crippen molar-refractivity contribution in [1.82, 2.24) is 9.55 Å². The summed E-state index contributed by atoms with van der Waals surface area (Å²) in [5, 5.41) is 9.22. The summed E-state index contributed by atoms with van der Waals surface area (Å²) in [6, 6.07) is 1.47. The molecule has 3 heterocycles. The maximum absolute atomic E-state index is 11.8. The zero-order valence-electron chi connectivity index (χ0n) is 9.91. The first-order chi connectivity index (χ1) is 9.41. The van der Waals surface area contributed by atoms with E-state index in [2.05, 4.69) is 4.98 Å². The number of H-pyrrole nitrogens is 1. The molecule has 2 saturated heterocycles. The lowest BCUT2D eigenvalue weighted by Crippen LogP contribution is -2.34. The highest BCUT2D eigenvalue weighted by Crippen LogP contribution is 2.58. The Bertz CT molecular complexity index is 687. The van der Waals surface area contributed by atoms with Crippen LogP contribution in [-0.2, 0) is 18.3 Å². The van der Waals surface area contributed by atoms with Crippen LogP contribution in [0.3, 0.4) is 0 Å². The maximum Gasteiger partial charge on any atom is 0.473 e. The molecule has 1 aromatic heterocycles. The van der Waals surface area contributed by atoms with Crippen molar-refractivity contribution < 1.29 is 28.3 Å². The van der Waals surface area contributed by atoms with E-state index in [-0.39, 0.29) is 4.64 Å². The maximum atomic E-state index is 11.8. The van der Waals surface area contributed by atoms with Crippen molar-refractivity contribution in [3.05, 3.63) is 27.4 Å². The average Bonchev–Trinajstić information content (AvgIpc) is 2.83. The highest BCUT2D eigenvalue weighted by atomic mass is 32.1. The predicted octanol–water partition coefficient (Wildman–Crippen LogP) is -0.320. The lowest BCUT2D eigenvalue weighted by atomic mass is 10.1. The summed E-state index contributed by atoms with van der Waals surface area (Å²) in [6.45, 7) is -0.432. The van der Waals surface area contributed by atoms with Crippen LogP contribution in [0.1, 0.15) is 6.23 Å². The van der Waals surface area contributed by atoms with E-state index in [1.165, 1.54) is 12.3 Å². The van der Waals surface area contributed by atoms with E-state index in [4.69, 9.17) is 26.0 Å². The summed E-state index contributed by atoms with van der Waals surface area (Å²) in [5.74, 6) is 0. The van der Waals surface area contributed by atoms with Gasteiger partial charge >= 0.3 is 13.5 Å². The number of fused-ring (bicyclic) bond motifs is 1. The molecule has 2 aliphatic heterocycles. The highest BCUT2D eigenvalue weighted by Gasteiger charge is 2.57. The second-order valence-corrected chi connectivity index (χ2v) is 6.17. The average molecular weight is 322 g/mol. The van der Waals surface area contributed by atoms with E-state index in [9.17, 15) is 19.4 Å². The fourth-order valence-corrected chi connectivity index (χ4v) is 3.57. The summed E-state index contributed by atoms with van der Waals surface area (Å²) in [7, 11) is -4.19. The van der Waals surface area contributed by atoms with Crippen molar-refractivity contribution in [3.8, 4) is 0 Å². The number of ether oxygens (including phenoxy) is 1. The van der Waals surface area contributed by atoms with Crippen LogP contribution in [0.4, 0.5) is 0 Å². The minimum Gasteiger partial charge on any atom is -0.394 e. The van der Waals surface area contributed by atoms with Crippen LogP contribution in [0.2, 0.25) is 0 Å². The standard InChI is InChI=1S/C9H11N2O7PS/c12-3-4-6-7(18-19(14,15)17-6)8(16-4)11-2-1-5(20)10-9(11)13/h1-2,4,6-8,12H,3H2,(H,14,15)(H,10,13,20)/t4-,6-,7-,8-/m1/s1. The first-order valence-electron chi connectivity index (χ1n) is 5.69. The Kier molecular flexibility index (Phi) is 3.41. The Morgan fingerprint density at radius 2 is 2.15 bits per heavy atom. The number of rotatable bonds is 2. The number of phosphoric acid groups is 1. The lowest BCUT2D eigenvalue weighted by Gasteiger charge is -2.18. The number of nitrogens with zero attached hydrogens (tertiary/aromatic N) is 1. The second kappa shape index (κ2) is 4.85. The molecule has 2 fully saturated rings. The van der Waals surface area contributed by atoms with Crippen LogP contribution in [-0.4, -0.2) is 44.5 Å². The number of aromatic amines is 1. The number of nitrogens with one attached hydrogen (secondary N) is 1. The summed E-state index contributed by atoms with van der Waals surface area (Å²) in [5.41, 5.74) is -0.553. The number of phosphoric ester groups is 1. The number of aliphatic hydroxyl groups is 1. The Balaban J connectivity index is 2.00. The summed E-state index contributed by atoms with van der Waals surface area (Å²) in [4.78, 5) is 23.6. The van der Waals surface area contributed by atoms with Gasteiger partial charge in [-0.05, 0) is 6.07 Å². The Hall–Kier alpha value is -0.870. The molecule has 1 unspecified atom stereocenters. The first kappa shape index (κ1) is 14.1. The second-order valence-electron chi connectivity index (χ2n) is 4.37. The Morgan fingerprint density at radius 1 is 1.45 bits per heavy atom. The van der Waals surface area contributed by atoms with Crippen molar-refractivity contribution in [2.75, 3.05) is 6.61 Å². The number of aromatic nitrogens is 2. The lowest BCUT2D eigenvalue weighted by molar-refractivity contribution is -0.0624. The Morgan fingerprint density at radius 3 is 2.80 bits per heavy atom. The molecule has 20 heavy (non-hydrogen) atoms. The molecule has 9 nitrogen and oxygen atoms in total. The molecule has 5 atom stereocenters. The summed E-state index contributed by atoms with van der Waals surface area (Å²) < 4.78 is 28.1. The van der Waals surface area contributed by atoms with Gasteiger partial charge in [0.15, 0.2) is 6.23 Å². The molecule has 2 aliphatic rings. The van der Waals surface area contributed by atoms with Gasteiger partial charge in [0.25, 0.3) is 0 Å². The molecule has 0 saturated carbocycles. The third-order valence-electron chi connectivity index (χ3n) is 3.10. The van der Waals surface area contributed by atoms with Crippen molar-refractivity contribution in [1.29, 1.82) is 0 Å². The van der Waals surface area contributed by atoms with Crippen molar-refractivity contribution >= 4 is 20.0 Å². The summed E-state index contributed by atoms with van der Waals surface area (Å²) in [6.07, 6.45) is -2.35. The van der Waals surface area contributed by atoms with Gasteiger partial charge in [-0.1, -0.05) is 12.2 Å². The number of hydrogen-bond donors (Lipinski definition) is 3. The van der Waals surface area contributed by atoms with Gasteiger partial charge in [-0.2, -0.15) is 0 Å². The van der Waals surface area contributed by atoms with Gasteiger partial charge in [0, 0.05) is 6.20 Å². The predicted molar refractivity (Wildman–Crippen MR) is 66.5 cm³/mol. The van der Waals surface area contributed by atoms with Crippen LogP contribution in [0.25, 0.3) is 0 Å². The largest absolute Gasteiger partial charge is 0.473 e. The van der Waals surface area contributed by atoms with Gasteiger partial charge in [0.2, 0.25) is 0 Å². The van der Waals surface area contributed by atoms with Gasteiger partial charge in [-0.3, -0.25) is 18.6 Å². The van der Waals surface area contributed by atoms with Crippen molar-refractivity contribution in [2.24, 2.45) is 0 Å². The molecular weight excluding hydrogens is 311 g/mol. The molecular formula is C9H11N2O7PS. The smallest absolute Gasteiger partial charge is 0.394 e. The van der Waals surface area contributed by atoms with E-state index in [0.29, 0.717) is 0 Å². The van der Waals surface area contributed by atoms with Gasteiger partial charge < -0.3 is 14.7 Å².